The van der Waals surface area contributed by atoms with Crippen LogP contribution in [-0.2, 0) is 4.74 Å². The highest BCUT2D eigenvalue weighted by Gasteiger charge is 2.12. The van der Waals surface area contributed by atoms with E-state index in [4.69, 9.17) is 4.74 Å². The highest BCUT2D eigenvalue weighted by atomic mass is 16.5. The fourth-order valence-electron chi connectivity index (χ4n) is 2.82. The number of fused-ring (bicyclic) bond motifs is 1. The van der Waals surface area contributed by atoms with Crippen LogP contribution in [-0.4, -0.2) is 64.2 Å². The third-order valence-corrected chi connectivity index (χ3v) is 4.14. The Bertz CT molecular complexity index is 814. The largest absolute Gasteiger partial charge is 0.379 e. The highest BCUT2D eigenvalue weighted by molar-refractivity contribution is 5.84. The number of imidazole rings is 1. The number of rotatable bonds is 6. The van der Waals surface area contributed by atoms with E-state index in [-0.39, 0.29) is 0 Å². The molecular weight excluding hydrogens is 318 g/mol. The van der Waals surface area contributed by atoms with Crippen molar-refractivity contribution in [3.8, 4) is 0 Å². The number of hydrogen-bond donors (Lipinski definition) is 3. The highest BCUT2D eigenvalue weighted by Crippen LogP contribution is 2.20. The molecule has 4 rings (SSSR count). The fraction of sp³-hybridized carbons (Fsp3) is 0.353. The van der Waals surface area contributed by atoms with E-state index < -0.39 is 0 Å². The average Bonchev–Trinajstić information content (AvgIpc) is 3.12. The normalized spacial score (nSPS) is 15.4. The van der Waals surface area contributed by atoms with Gasteiger partial charge < -0.3 is 20.4 Å². The van der Waals surface area contributed by atoms with Gasteiger partial charge in [0.15, 0.2) is 11.5 Å². The number of nitrogens with one attached hydrogen (secondary N) is 3. The first-order valence-electron chi connectivity index (χ1n) is 8.46. The molecule has 1 aromatic carbocycles. The first-order chi connectivity index (χ1) is 12.4. The zero-order chi connectivity index (χ0) is 16.9. The van der Waals surface area contributed by atoms with Crippen molar-refractivity contribution in [3.05, 3.63) is 36.7 Å². The average molecular weight is 339 g/mol. The Morgan fingerprint density at radius 1 is 1.12 bits per heavy atom. The number of aromatic nitrogens is 4. The number of para-hydroxylation sites is 1. The molecular formula is C17H21N7O. The van der Waals surface area contributed by atoms with Crippen molar-refractivity contribution >= 4 is 28.6 Å². The molecule has 3 heterocycles. The lowest BCUT2D eigenvalue weighted by Crippen LogP contribution is -2.39. The zero-order valence-electron chi connectivity index (χ0n) is 13.9. The van der Waals surface area contributed by atoms with Crippen molar-refractivity contribution < 1.29 is 4.74 Å². The number of morpholine rings is 1. The molecule has 0 spiro atoms. The van der Waals surface area contributed by atoms with Crippen LogP contribution in [0.5, 0.6) is 0 Å². The van der Waals surface area contributed by atoms with Gasteiger partial charge in [0, 0.05) is 31.9 Å². The molecule has 0 saturated carbocycles. The molecule has 8 heteroatoms. The van der Waals surface area contributed by atoms with Gasteiger partial charge in [-0.2, -0.15) is 9.97 Å². The summed E-state index contributed by atoms with van der Waals surface area (Å²) in [6, 6.07) is 9.86. The second kappa shape index (κ2) is 7.45. The van der Waals surface area contributed by atoms with Crippen molar-refractivity contribution in [1.82, 2.24) is 24.8 Å². The van der Waals surface area contributed by atoms with E-state index in [0.717, 1.165) is 56.4 Å². The van der Waals surface area contributed by atoms with Crippen LogP contribution >= 0.6 is 0 Å². The van der Waals surface area contributed by atoms with Gasteiger partial charge >= 0.3 is 0 Å². The summed E-state index contributed by atoms with van der Waals surface area (Å²) in [5.41, 5.74) is 2.40. The maximum absolute atomic E-state index is 5.38. The Kier molecular flexibility index (Phi) is 4.71. The summed E-state index contributed by atoms with van der Waals surface area (Å²) in [5.74, 6) is 1.29. The van der Waals surface area contributed by atoms with Crippen LogP contribution in [0.4, 0.5) is 17.5 Å². The minimum absolute atomic E-state index is 0.527. The maximum atomic E-state index is 5.38. The number of anilines is 3. The Morgan fingerprint density at radius 3 is 2.80 bits per heavy atom. The topological polar surface area (TPSA) is 91.0 Å². The van der Waals surface area contributed by atoms with Crippen molar-refractivity contribution in [3.63, 3.8) is 0 Å². The van der Waals surface area contributed by atoms with Gasteiger partial charge in [-0.3, -0.25) is 4.90 Å². The molecule has 0 bridgehead atoms. The molecule has 8 nitrogen and oxygen atoms in total. The quantitative estimate of drug-likeness (QED) is 0.631. The molecule has 1 aliphatic heterocycles. The smallest absolute Gasteiger partial charge is 0.231 e. The number of nitrogens with zero attached hydrogens (tertiary/aromatic N) is 4. The third-order valence-electron chi connectivity index (χ3n) is 4.14. The molecule has 0 atom stereocenters. The standard InChI is InChI=1S/C17H21N7O/c1-2-4-13(5-3-1)21-17-22-15(14-16(23-17)20-12-19-14)18-6-7-24-8-10-25-11-9-24/h1-5,12H,6-11H2,(H3,18,19,20,21,22,23). The van der Waals surface area contributed by atoms with E-state index >= 15 is 0 Å². The number of ether oxygens (including phenoxy) is 1. The first kappa shape index (κ1) is 15.8. The van der Waals surface area contributed by atoms with E-state index in [1.807, 2.05) is 30.3 Å². The van der Waals surface area contributed by atoms with E-state index in [0.29, 0.717) is 11.6 Å². The zero-order valence-corrected chi connectivity index (χ0v) is 13.9. The lowest BCUT2D eigenvalue weighted by molar-refractivity contribution is 0.0398. The summed E-state index contributed by atoms with van der Waals surface area (Å²) in [4.78, 5) is 18.8. The van der Waals surface area contributed by atoms with E-state index in [1.54, 1.807) is 6.33 Å². The minimum Gasteiger partial charge on any atom is -0.379 e. The summed E-state index contributed by atoms with van der Waals surface area (Å²) in [7, 11) is 0. The van der Waals surface area contributed by atoms with Crippen LogP contribution in [0.1, 0.15) is 0 Å². The molecule has 0 aliphatic carbocycles. The van der Waals surface area contributed by atoms with E-state index in [9.17, 15) is 0 Å². The summed E-state index contributed by atoms with van der Waals surface area (Å²) >= 11 is 0. The molecule has 0 radical (unpaired) electrons. The van der Waals surface area contributed by atoms with Gasteiger partial charge in [0.2, 0.25) is 5.95 Å². The minimum atomic E-state index is 0.527. The van der Waals surface area contributed by atoms with Crippen LogP contribution in [0.3, 0.4) is 0 Å². The summed E-state index contributed by atoms with van der Waals surface area (Å²) in [6.45, 7) is 5.32. The molecule has 1 fully saturated rings. The Hall–Kier alpha value is -2.71. The Labute approximate surface area is 145 Å². The van der Waals surface area contributed by atoms with Crippen LogP contribution in [0.25, 0.3) is 11.2 Å². The van der Waals surface area contributed by atoms with E-state index in [2.05, 4.69) is 35.5 Å². The van der Waals surface area contributed by atoms with Crippen molar-refractivity contribution in [2.45, 2.75) is 0 Å². The fourth-order valence-corrected chi connectivity index (χ4v) is 2.82. The first-order valence-corrected chi connectivity index (χ1v) is 8.46. The van der Waals surface area contributed by atoms with Crippen molar-refractivity contribution in [2.24, 2.45) is 0 Å². The number of hydrogen-bond acceptors (Lipinski definition) is 7. The second-order valence-electron chi connectivity index (χ2n) is 5.87. The number of aromatic amines is 1. The molecule has 130 valence electrons. The predicted octanol–water partition coefficient (Wildman–Crippen LogP) is 1.84. The van der Waals surface area contributed by atoms with Gasteiger partial charge in [0.1, 0.15) is 5.52 Å². The van der Waals surface area contributed by atoms with Crippen LogP contribution in [0.15, 0.2) is 36.7 Å². The summed E-state index contributed by atoms with van der Waals surface area (Å²) < 4.78 is 5.38. The van der Waals surface area contributed by atoms with E-state index in [1.165, 1.54) is 0 Å². The molecule has 2 aromatic heterocycles. The Balaban J connectivity index is 1.48. The molecule has 1 saturated heterocycles. The predicted molar refractivity (Wildman–Crippen MR) is 97.2 cm³/mol. The number of benzene rings is 1. The summed E-state index contributed by atoms with van der Waals surface area (Å²) in [6.07, 6.45) is 1.64. The Morgan fingerprint density at radius 2 is 1.96 bits per heavy atom. The van der Waals surface area contributed by atoms with Crippen molar-refractivity contribution in [1.29, 1.82) is 0 Å². The van der Waals surface area contributed by atoms with Gasteiger partial charge in [-0.15, -0.1) is 0 Å². The molecule has 3 aromatic rings. The van der Waals surface area contributed by atoms with Crippen LogP contribution < -0.4 is 10.6 Å². The third kappa shape index (κ3) is 3.86. The monoisotopic (exact) mass is 339 g/mol. The van der Waals surface area contributed by atoms with Crippen LogP contribution in [0, 0.1) is 0 Å². The maximum Gasteiger partial charge on any atom is 0.231 e. The molecule has 0 amide bonds. The molecule has 0 unspecified atom stereocenters. The van der Waals surface area contributed by atoms with Crippen molar-refractivity contribution in [2.75, 3.05) is 50.0 Å². The molecule has 25 heavy (non-hydrogen) atoms. The number of H-pyrrole nitrogens is 1. The molecule has 3 N–H and O–H groups in total. The van der Waals surface area contributed by atoms with Gasteiger partial charge in [0.05, 0.1) is 19.5 Å². The lowest BCUT2D eigenvalue weighted by Gasteiger charge is -2.26. The van der Waals surface area contributed by atoms with Gasteiger partial charge in [-0.05, 0) is 12.1 Å². The van der Waals surface area contributed by atoms with Gasteiger partial charge in [-0.25, -0.2) is 4.98 Å². The van der Waals surface area contributed by atoms with Crippen LogP contribution in [0.2, 0.25) is 0 Å². The van der Waals surface area contributed by atoms with Gasteiger partial charge in [-0.1, -0.05) is 18.2 Å². The second-order valence-corrected chi connectivity index (χ2v) is 5.87. The molecule has 1 aliphatic rings. The summed E-state index contributed by atoms with van der Waals surface area (Å²) in [5, 5.41) is 6.63. The SMILES string of the molecule is c1ccc(Nc2nc(NCCN3CCOCC3)c3[nH]cnc3n2)cc1. The van der Waals surface area contributed by atoms with Gasteiger partial charge in [0.25, 0.3) is 0 Å². The lowest BCUT2D eigenvalue weighted by atomic mass is 10.3.